The lowest BCUT2D eigenvalue weighted by Crippen LogP contribution is -2.43. The van der Waals surface area contributed by atoms with Crippen molar-refractivity contribution in [2.45, 2.75) is 38.6 Å². The molecule has 0 spiro atoms. The maximum absolute atomic E-state index is 12.5. The first-order valence-electron chi connectivity index (χ1n) is 10.5. The molecule has 3 rings (SSSR count). The lowest BCUT2D eigenvalue weighted by molar-refractivity contribution is -0.145. The molecule has 0 fully saturated rings. The van der Waals surface area contributed by atoms with Crippen LogP contribution in [0.25, 0.3) is 11.1 Å². The minimum absolute atomic E-state index is 0.0257. The highest BCUT2D eigenvalue weighted by Gasteiger charge is 2.30. The van der Waals surface area contributed by atoms with Gasteiger partial charge in [0.15, 0.2) is 0 Å². The summed E-state index contributed by atoms with van der Waals surface area (Å²) in [5.74, 6) is -1.82. The monoisotopic (exact) mass is 438 g/mol. The van der Waals surface area contributed by atoms with Gasteiger partial charge in [-0.2, -0.15) is 0 Å². The molecule has 0 heterocycles. The average Bonchev–Trinajstić information content (AvgIpc) is 3.08. The van der Waals surface area contributed by atoms with Crippen LogP contribution in [0.3, 0.4) is 0 Å². The van der Waals surface area contributed by atoms with Crippen LogP contribution in [-0.2, 0) is 23.9 Å². The maximum atomic E-state index is 12.5. The molecule has 0 bridgehead atoms. The van der Waals surface area contributed by atoms with Crippen LogP contribution in [0, 0.1) is 0 Å². The number of rotatable bonds is 8. The van der Waals surface area contributed by atoms with Gasteiger partial charge in [0.1, 0.15) is 12.6 Å². The normalized spacial score (nSPS) is 12.8. The minimum Gasteiger partial charge on any atom is -0.464 e. The molecule has 32 heavy (non-hydrogen) atoms. The highest BCUT2D eigenvalue weighted by Crippen LogP contribution is 2.44. The molecule has 2 N–H and O–H groups in total. The molecule has 1 aliphatic carbocycles. The van der Waals surface area contributed by atoms with Crippen molar-refractivity contribution in [1.29, 1.82) is 0 Å². The van der Waals surface area contributed by atoms with Crippen LogP contribution in [0.2, 0.25) is 0 Å². The Balaban J connectivity index is 1.63. The SMILES string of the molecule is CCOC(=O)[C@H](CCC(=O)NC(C)=O)NC(=O)OCC1c2ccccc2-c2ccccc21. The van der Waals surface area contributed by atoms with Gasteiger partial charge in [-0.15, -0.1) is 0 Å². The number of esters is 1. The second-order valence-corrected chi connectivity index (χ2v) is 7.42. The van der Waals surface area contributed by atoms with Gasteiger partial charge in [-0.05, 0) is 35.6 Å². The zero-order valence-electron chi connectivity index (χ0n) is 18.1. The largest absolute Gasteiger partial charge is 0.464 e. The first-order valence-corrected chi connectivity index (χ1v) is 10.5. The topological polar surface area (TPSA) is 111 Å². The molecule has 8 nitrogen and oxygen atoms in total. The van der Waals surface area contributed by atoms with Crippen LogP contribution in [0.5, 0.6) is 0 Å². The second kappa shape index (κ2) is 10.6. The van der Waals surface area contributed by atoms with E-state index in [2.05, 4.69) is 10.6 Å². The van der Waals surface area contributed by atoms with Crippen LogP contribution >= 0.6 is 0 Å². The predicted octanol–water partition coefficient (Wildman–Crippen LogP) is 2.90. The van der Waals surface area contributed by atoms with E-state index < -0.39 is 29.9 Å². The van der Waals surface area contributed by atoms with Crippen LogP contribution in [0.1, 0.15) is 43.7 Å². The number of imide groups is 1. The van der Waals surface area contributed by atoms with Gasteiger partial charge in [-0.1, -0.05) is 48.5 Å². The second-order valence-electron chi connectivity index (χ2n) is 7.42. The quantitative estimate of drug-likeness (QED) is 0.613. The highest BCUT2D eigenvalue weighted by molar-refractivity contribution is 5.94. The van der Waals surface area contributed by atoms with Gasteiger partial charge in [-0.25, -0.2) is 9.59 Å². The molecule has 2 aromatic carbocycles. The number of alkyl carbamates (subject to hydrolysis) is 1. The number of ether oxygens (including phenoxy) is 2. The molecule has 0 saturated heterocycles. The van der Waals surface area contributed by atoms with Crippen LogP contribution in [-0.4, -0.2) is 43.1 Å². The third-order valence-electron chi connectivity index (χ3n) is 5.18. The molecular weight excluding hydrogens is 412 g/mol. The Hall–Kier alpha value is -3.68. The van der Waals surface area contributed by atoms with Gasteiger partial charge in [0.2, 0.25) is 11.8 Å². The molecule has 1 atom stereocenters. The number of carbonyl (C=O) groups is 4. The summed E-state index contributed by atoms with van der Waals surface area (Å²) in [7, 11) is 0. The van der Waals surface area contributed by atoms with Crippen LogP contribution < -0.4 is 10.6 Å². The summed E-state index contributed by atoms with van der Waals surface area (Å²) < 4.78 is 10.4. The maximum Gasteiger partial charge on any atom is 0.407 e. The number of carbonyl (C=O) groups excluding carboxylic acids is 4. The summed E-state index contributed by atoms with van der Waals surface area (Å²) in [5.41, 5.74) is 4.37. The van der Waals surface area contributed by atoms with E-state index in [4.69, 9.17) is 9.47 Å². The molecule has 2 aromatic rings. The smallest absolute Gasteiger partial charge is 0.407 e. The molecule has 0 saturated carbocycles. The first-order chi connectivity index (χ1) is 15.4. The lowest BCUT2D eigenvalue weighted by atomic mass is 9.98. The van der Waals surface area contributed by atoms with Gasteiger partial charge >= 0.3 is 12.1 Å². The number of hydrogen-bond acceptors (Lipinski definition) is 6. The Kier molecular flexibility index (Phi) is 7.59. The van der Waals surface area contributed by atoms with Crippen molar-refractivity contribution < 1.29 is 28.7 Å². The summed E-state index contributed by atoms with van der Waals surface area (Å²) in [4.78, 5) is 47.4. The predicted molar refractivity (Wildman–Crippen MR) is 117 cm³/mol. The van der Waals surface area contributed by atoms with Crippen LogP contribution in [0.15, 0.2) is 48.5 Å². The van der Waals surface area contributed by atoms with E-state index in [1.165, 1.54) is 6.92 Å². The van der Waals surface area contributed by atoms with Gasteiger partial charge in [0.25, 0.3) is 0 Å². The minimum atomic E-state index is -1.07. The Morgan fingerprint density at radius 1 is 0.938 bits per heavy atom. The van der Waals surface area contributed by atoms with Crippen molar-refractivity contribution in [2.24, 2.45) is 0 Å². The molecule has 168 valence electrons. The van der Waals surface area contributed by atoms with Crippen LogP contribution in [0.4, 0.5) is 4.79 Å². The Labute approximate surface area is 186 Å². The number of hydrogen-bond donors (Lipinski definition) is 2. The van der Waals surface area contributed by atoms with E-state index in [0.717, 1.165) is 22.3 Å². The van der Waals surface area contributed by atoms with E-state index in [1.54, 1.807) is 6.92 Å². The number of benzene rings is 2. The van der Waals surface area contributed by atoms with E-state index in [0.29, 0.717) is 0 Å². The van der Waals surface area contributed by atoms with Crippen molar-refractivity contribution in [1.82, 2.24) is 10.6 Å². The van der Waals surface area contributed by atoms with E-state index >= 15 is 0 Å². The molecule has 1 aliphatic rings. The summed E-state index contributed by atoms with van der Waals surface area (Å²) in [6.45, 7) is 3.09. The van der Waals surface area contributed by atoms with Gasteiger partial charge in [0, 0.05) is 19.3 Å². The van der Waals surface area contributed by atoms with Gasteiger partial charge in [-0.3, -0.25) is 14.9 Å². The molecule has 0 unspecified atom stereocenters. The first kappa shape index (κ1) is 23.0. The summed E-state index contributed by atoms with van der Waals surface area (Å²) >= 11 is 0. The number of amides is 3. The van der Waals surface area contributed by atoms with E-state index in [1.807, 2.05) is 48.5 Å². The third-order valence-corrected chi connectivity index (χ3v) is 5.18. The van der Waals surface area contributed by atoms with Crippen molar-refractivity contribution in [3.63, 3.8) is 0 Å². The summed E-state index contributed by atoms with van der Waals surface area (Å²) in [6.07, 6.45) is -0.939. The number of fused-ring (bicyclic) bond motifs is 3. The molecule has 8 heteroatoms. The molecule has 3 amide bonds. The van der Waals surface area contributed by atoms with E-state index in [-0.39, 0.29) is 32.0 Å². The summed E-state index contributed by atoms with van der Waals surface area (Å²) in [6, 6.07) is 14.9. The van der Waals surface area contributed by atoms with Crippen molar-refractivity contribution in [3.05, 3.63) is 59.7 Å². The zero-order chi connectivity index (χ0) is 23.1. The molecule has 0 aromatic heterocycles. The van der Waals surface area contributed by atoms with Gasteiger partial charge in [0.05, 0.1) is 6.61 Å². The fourth-order valence-corrected chi connectivity index (χ4v) is 3.81. The molecule has 0 aliphatic heterocycles. The standard InChI is InChI=1S/C24H26N2O6/c1-3-31-23(29)21(12-13-22(28)25-15(2)27)26-24(30)32-14-20-18-10-6-4-8-16(18)17-9-5-7-11-19(17)20/h4-11,20-21H,3,12-14H2,1-2H3,(H,26,30)(H,25,27,28)/t21-/m0/s1. The molecular formula is C24H26N2O6. The van der Waals surface area contributed by atoms with Crippen molar-refractivity contribution >= 4 is 23.9 Å². The van der Waals surface area contributed by atoms with Crippen molar-refractivity contribution in [2.75, 3.05) is 13.2 Å². The number of nitrogens with one attached hydrogen (secondary N) is 2. The third kappa shape index (κ3) is 5.51. The lowest BCUT2D eigenvalue weighted by Gasteiger charge is -2.19. The summed E-state index contributed by atoms with van der Waals surface area (Å²) in [5, 5.41) is 4.61. The fraction of sp³-hybridized carbons (Fsp3) is 0.333. The zero-order valence-corrected chi connectivity index (χ0v) is 18.1. The fourth-order valence-electron chi connectivity index (χ4n) is 3.81. The van der Waals surface area contributed by atoms with Gasteiger partial charge < -0.3 is 14.8 Å². The Morgan fingerprint density at radius 2 is 1.53 bits per heavy atom. The Bertz CT molecular complexity index is 974. The molecule has 0 radical (unpaired) electrons. The van der Waals surface area contributed by atoms with Crippen molar-refractivity contribution in [3.8, 4) is 11.1 Å². The van der Waals surface area contributed by atoms with E-state index in [9.17, 15) is 19.2 Å². The highest BCUT2D eigenvalue weighted by atomic mass is 16.6. The average molecular weight is 438 g/mol. The Morgan fingerprint density at radius 3 is 2.09 bits per heavy atom.